The first-order valence-electron chi connectivity index (χ1n) is 12.1. The molecule has 0 bridgehead atoms. The van der Waals surface area contributed by atoms with E-state index in [0.717, 1.165) is 18.0 Å². The minimum atomic E-state index is 0.229. The van der Waals surface area contributed by atoms with Crippen LogP contribution in [-0.4, -0.2) is 18.8 Å². The summed E-state index contributed by atoms with van der Waals surface area (Å²) < 4.78 is 5.24. The lowest BCUT2D eigenvalue weighted by Gasteiger charge is -2.55. The summed E-state index contributed by atoms with van der Waals surface area (Å²) in [7, 11) is 1.68. The van der Waals surface area contributed by atoms with E-state index in [-0.39, 0.29) is 10.8 Å². The van der Waals surface area contributed by atoms with Crippen molar-refractivity contribution >= 4 is 23.0 Å². The van der Waals surface area contributed by atoms with Gasteiger partial charge < -0.3 is 15.4 Å². The Bertz CT molecular complexity index is 970. The van der Waals surface area contributed by atoms with Gasteiger partial charge in [0.15, 0.2) is 5.11 Å². The van der Waals surface area contributed by atoms with Crippen molar-refractivity contribution in [3.8, 4) is 5.75 Å². The molecule has 1 saturated carbocycles. The molecular formula is C28H38N2OS. The Kier molecular flexibility index (Phi) is 6.53. The number of methoxy groups -OCH3 is 1. The van der Waals surface area contributed by atoms with Crippen LogP contribution in [0.5, 0.6) is 5.75 Å². The van der Waals surface area contributed by atoms with Crippen LogP contribution in [0.15, 0.2) is 42.5 Å². The highest BCUT2D eigenvalue weighted by molar-refractivity contribution is 7.80. The first-order chi connectivity index (χ1) is 15.2. The van der Waals surface area contributed by atoms with Crippen LogP contribution in [0.25, 0.3) is 0 Å². The standard InChI is InChI=1S/C28H38N2OS/c1-19(2)20-7-13-24-21(17-20)8-14-25-27(3,15-6-16-28(24,25)4)18-29-26(32)30-22-9-11-23(31-5)12-10-22/h7,9-13,17,19,25H,6,8,14-16,18H2,1-5H3,(H2,29,30,32). The monoisotopic (exact) mass is 450 g/mol. The summed E-state index contributed by atoms with van der Waals surface area (Å²) >= 11 is 5.64. The highest BCUT2D eigenvalue weighted by Crippen LogP contribution is 2.57. The molecule has 0 aromatic heterocycles. The molecule has 3 nitrogen and oxygen atoms in total. The van der Waals surface area contributed by atoms with Gasteiger partial charge >= 0.3 is 0 Å². The molecule has 0 spiro atoms. The summed E-state index contributed by atoms with van der Waals surface area (Å²) in [4.78, 5) is 0. The molecule has 2 aromatic rings. The summed E-state index contributed by atoms with van der Waals surface area (Å²) in [6.45, 7) is 10.5. The maximum absolute atomic E-state index is 5.64. The molecule has 2 N–H and O–H groups in total. The Morgan fingerprint density at radius 1 is 1.12 bits per heavy atom. The van der Waals surface area contributed by atoms with E-state index in [1.807, 2.05) is 24.3 Å². The summed E-state index contributed by atoms with van der Waals surface area (Å²) in [6, 6.07) is 15.2. The molecule has 1 fully saturated rings. The minimum absolute atomic E-state index is 0.229. The van der Waals surface area contributed by atoms with Crippen molar-refractivity contribution in [3.05, 3.63) is 59.2 Å². The third kappa shape index (κ3) is 4.39. The fourth-order valence-corrected chi connectivity index (χ4v) is 6.54. The molecule has 172 valence electrons. The number of anilines is 1. The van der Waals surface area contributed by atoms with Gasteiger partial charge in [-0.05, 0) is 102 Å². The highest BCUT2D eigenvalue weighted by atomic mass is 32.1. The van der Waals surface area contributed by atoms with Crippen molar-refractivity contribution in [1.82, 2.24) is 5.32 Å². The van der Waals surface area contributed by atoms with Gasteiger partial charge in [0.2, 0.25) is 0 Å². The van der Waals surface area contributed by atoms with E-state index in [2.05, 4.69) is 56.5 Å². The smallest absolute Gasteiger partial charge is 0.170 e. The molecular weight excluding hydrogens is 412 g/mol. The van der Waals surface area contributed by atoms with E-state index in [1.165, 1.54) is 37.7 Å². The van der Waals surface area contributed by atoms with E-state index in [4.69, 9.17) is 17.0 Å². The van der Waals surface area contributed by atoms with Crippen LogP contribution in [0.1, 0.15) is 76.0 Å². The molecule has 0 heterocycles. The molecule has 4 rings (SSSR count). The average Bonchev–Trinajstić information content (AvgIpc) is 2.78. The quantitative estimate of drug-likeness (QED) is 0.490. The predicted molar refractivity (Wildman–Crippen MR) is 139 cm³/mol. The second kappa shape index (κ2) is 9.05. The van der Waals surface area contributed by atoms with Gasteiger partial charge in [0.25, 0.3) is 0 Å². The molecule has 2 aliphatic carbocycles. The van der Waals surface area contributed by atoms with Crippen LogP contribution in [0.3, 0.4) is 0 Å². The van der Waals surface area contributed by atoms with Crippen molar-refractivity contribution in [2.75, 3.05) is 19.0 Å². The van der Waals surface area contributed by atoms with Crippen molar-refractivity contribution in [1.29, 1.82) is 0 Å². The molecule has 0 amide bonds. The highest BCUT2D eigenvalue weighted by Gasteiger charge is 2.51. The van der Waals surface area contributed by atoms with E-state index in [1.54, 1.807) is 18.2 Å². The number of benzene rings is 2. The lowest BCUT2D eigenvalue weighted by atomic mass is 9.49. The van der Waals surface area contributed by atoms with Gasteiger partial charge in [0, 0.05) is 12.2 Å². The maximum Gasteiger partial charge on any atom is 0.170 e. The fourth-order valence-electron chi connectivity index (χ4n) is 6.35. The van der Waals surface area contributed by atoms with Crippen LogP contribution in [-0.2, 0) is 11.8 Å². The zero-order chi connectivity index (χ0) is 22.9. The largest absolute Gasteiger partial charge is 0.497 e. The van der Waals surface area contributed by atoms with Crippen LogP contribution >= 0.6 is 12.2 Å². The normalized spacial score (nSPS) is 26.8. The zero-order valence-corrected chi connectivity index (χ0v) is 21.1. The topological polar surface area (TPSA) is 33.3 Å². The fraction of sp³-hybridized carbons (Fsp3) is 0.536. The van der Waals surface area contributed by atoms with Gasteiger partial charge in [-0.15, -0.1) is 0 Å². The third-order valence-electron chi connectivity index (χ3n) is 8.17. The Balaban J connectivity index is 1.47. The SMILES string of the molecule is COc1ccc(NC(=S)NCC2(C)CCCC3(C)c4ccc(C(C)C)cc4CCC23)cc1. The zero-order valence-electron chi connectivity index (χ0n) is 20.3. The van der Waals surface area contributed by atoms with Gasteiger partial charge in [0.1, 0.15) is 5.75 Å². The number of hydrogen-bond acceptors (Lipinski definition) is 2. The number of ether oxygens (including phenoxy) is 1. The van der Waals surface area contributed by atoms with Crippen molar-refractivity contribution in [2.24, 2.45) is 11.3 Å². The van der Waals surface area contributed by atoms with Crippen molar-refractivity contribution < 1.29 is 4.74 Å². The van der Waals surface area contributed by atoms with Crippen molar-refractivity contribution in [2.45, 2.75) is 71.1 Å². The molecule has 0 saturated heterocycles. The number of fused-ring (bicyclic) bond motifs is 3. The predicted octanol–water partition coefficient (Wildman–Crippen LogP) is 6.82. The number of thiocarbonyl (C=S) groups is 1. The lowest BCUT2D eigenvalue weighted by Crippen LogP contribution is -2.53. The lowest BCUT2D eigenvalue weighted by molar-refractivity contribution is 0.0294. The minimum Gasteiger partial charge on any atom is -0.497 e. The van der Waals surface area contributed by atoms with Crippen LogP contribution in [0.4, 0.5) is 5.69 Å². The Morgan fingerprint density at radius 3 is 2.56 bits per heavy atom. The number of aryl methyl sites for hydroxylation is 1. The van der Waals surface area contributed by atoms with Gasteiger partial charge in [0.05, 0.1) is 7.11 Å². The van der Waals surface area contributed by atoms with Gasteiger partial charge in [-0.1, -0.05) is 52.3 Å². The van der Waals surface area contributed by atoms with Gasteiger partial charge in [-0.25, -0.2) is 0 Å². The van der Waals surface area contributed by atoms with Crippen molar-refractivity contribution in [3.63, 3.8) is 0 Å². The van der Waals surface area contributed by atoms with Crippen LogP contribution in [0.2, 0.25) is 0 Å². The number of nitrogens with one attached hydrogen (secondary N) is 2. The molecule has 0 radical (unpaired) electrons. The van der Waals surface area contributed by atoms with E-state index < -0.39 is 0 Å². The second-order valence-corrected chi connectivity index (χ2v) is 11.0. The number of rotatable bonds is 5. The first-order valence-corrected chi connectivity index (χ1v) is 12.5. The van der Waals surface area contributed by atoms with Crippen LogP contribution < -0.4 is 15.4 Å². The second-order valence-electron chi connectivity index (χ2n) is 10.6. The Hall–Kier alpha value is -2.07. The third-order valence-corrected chi connectivity index (χ3v) is 8.42. The average molecular weight is 451 g/mol. The molecule has 4 heteroatoms. The summed E-state index contributed by atoms with van der Waals surface area (Å²) in [5, 5.41) is 7.58. The summed E-state index contributed by atoms with van der Waals surface area (Å²) in [5.41, 5.74) is 6.12. The van der Waals surface area contributed by atoms with Gasteiger partial charge in [-0.2, -0.15) is 0 Å². The molecule has 3 atom stereocenters. The Morgan fingerprint density at radius 2 is 1.88 bits per heavy atom. The van der Waals surface area contributed by atoms with E-state index >= 15 is 0 Å². The van der Waals surface area contributed by atoms with Crippen LogP contribution in [0, 0.1) is 11.3 Å². The summed E-state index contributed by atoms with van der Waals surface area (Å²) in [6.07, 6.45) is 6.28. The molecule has 0 aliphatic heterocycles. The molecule has 2 aromatic carbocycles. The Labute approximate surface area is 199 Å². The van der Waals surface area contributed by atoms with E-state index in [9.17, 15) is 0 Å². The maximum atomic E-state index is 5.64. The molecule has 32 heavy (non-hydrogen) atoms. The van der Waals surface area contributed by atoms with Gasteiger partial charge in [-0.3, -0.25) is 0 Å². The number of hydrogen-bond donors (Lipinski definition) is 2. The van der Waals surface area contributed by atoms with E-state index in [0.29, 0.717) is 16.9 Å². The molecule has 3 unspecified atom stereocenters. The summed E-state index contributed by atoms with van der Waals surface area (Å²) in [5.74, 6) is 2.10. The molecule has 2 aliphatic rings. The first kappa shape index (κ1) is 23.1.